The van der Waals surface area contributed by atoms with E-state index in [1.54, 1.807) is 7.05 Å². The summed E-state index contributed by atoms with van der Waals surface area (Å²) in [5.74, 6) is -0.850. The first-order chi connectivity index (χ1) is 9.35. The zero-order valence-electron chi connectivity index (χ0n) is 11.1. The van der Waals surface area contributed by atoms with Gasteiger partial charge in [0.15, 0.2) is 0 Å². The molecule has 2 heterocycles. The number of primary amides is 1. The van der Waals surface area contributed by atoms with Gasteiger partial charge >= 0.3 is 0 Å². The van der Waals surface area contributed by atoms with Crippen LogP contribution in [0.4, 0.5) is 0 Å². The van der Waals surface area contributed by atoms with Crippen molar-refractivity contribution in [2.24, 2.45) is 12.8 Å². The Bertz CT molecular complexity index is 597. The van der Waals surface area contributed by atoms with Crippen molar-refractivity contribution in [3.8, 4) is 0 Å². The second kappa shape index (κ2) is 5.51. The van der Waals surface area contributed by atoms with Crippen LogP contribution >= 0.6 is 0 Å². The molecular weight excluding hydrogens is 284 g/mol. The van der Waals surface area contributed by atoms with E-state index in [0.29, 0.717) is 19.3 Å². The van der Waals surface area contributed by atoms with Crippen molar-refractivity contribution < 1.29 is 18.3 Å². The smallest absolute Gasteiger partial charge is 0.277 e. The number of carbonyl (C=O) groups is 1. The lowest BCUT2D eigenvalue weighted by Crippen LogP contribution is -2.53. The standard InChI is InChI=1S/C11H18N4O4S/c1-14-7-5-13-11(14)20(18,19)15-6-3-2-4-8(16)9(15)10(12)17/h5,7-9,16H,2-4,6H2,1H3,(H2,12,17). The molecule has 0 radical (unpaired) electrons. The molecule has 3 N–H and O–H groups in total. The molecule has 1 aliphatic heterocycles. The highest BCUT2D eigenvalue weighted by Crippen LogP contribution is 2.24. The fourth-order valence-electron chi connectivity index (χ4n) is 2.42. The summed E-state index contributed by atoms with van der Waals surface area (Å²) in [4.78, 5) is 15.4. The molecule has 2 rings (SSSR count). The summed E-state index contributed by atoms with van der Waals surface area (Å²) in [6, 6.07) is -1.25. The van der Waals surface area contributed by atoms with E-state index in [0.717, 1.165) is 4.31 Å². The van der Waals surface area contributed by atoms with Crippen LogP contribution in [0.15, 0.2) is 17.6 Å². The number of aryl methyl sites for hydroxylation is 1. The van der Waals surface area contributed by atoms with Gasteiger partial charge < -0.3 is 15.4 Å². The van der Waals surface area contributed by atoms with Crippen molar-refractivity contribution in [2.75, 3.05) is 6.54 Å². The third-order valence-electron chi connectivity index (χ3n) is 3.41. The molecule has 0 spiro atoms. The van der Waals surface area contributed by atoms with Gasteiger partial charge in [0.05, 0.1) is 6.10 Å². The Balaban J connectivity index is 2.46. The van der Waals surface area contributed by atoms with Crippen LogP contribution in [0.5, 0.6) is 0 Å². The second-order valence-corrected chi connectivity index (χ2v) is 6.63. The number of rotatable bonds is 3. The van der Waals surface area contributed by atoms with Gasteiger partial charge in [0.25, 0.3) is 10.0 Å². The van der Waals surface area contributed by atoms with Gasteiger partial charge in [-0.3, -0.25) is 4.79 Å². The number of amides is 1. The number of hydrogen-bond acceptors (Lipinski definition) is 5. The van der Waals surface area contributed by atoms with E-state index in [-0.39, 0.29) is 11.7 Å². The summed E-state index contributed by atoms with van der Waals surface area (Å²) in [5, 5.41) is 9.82. The van der Waals surface area contributed by atoms with Crippen molar-refractivity contribution in [2.45, 2.75) is 36.6 Å². The third-order valence-corrected chi connectivity index (χ3v) is 5.29. The van der Waals surface area contributed by atoms with Gasteiger partial charge in [-0.1, -0.05) is 0 Å². The van der Waals surface area contributed by atoms with Crippen LogP contribution in [0.2, 0.25) is 0 Å². The summed E-state index contributed by atoms with van der Waals surface area (Å²) >= 11 is 0. The quantitative estimate of drug-likeness (QED) is 0.727. The molecule has 0 bridgehead atoms. The fourth-order valence-corrected chi connectivity index (χ4v) is 4.16. The number of imidazole rings is 1. The van der Waals surface area contributed by atoms with Crippen LogP contribution in [0.1, 0.15) is 19.3 Å². The molecule has 8 nitrogen and oxygen atoms in total. The molecule has 20 heavy (non-hydrogen) atoms. The fraction of sp³-hybridized carbons (Fsp3) is 0.636. The van der Waals surface area contributed by atoms with Gasteiger partial charge in [-0.2, -0.15) is 4.31 Å². The number of carbonyl (C=O) groups excluding carboxylic acids is 1. The van der Waals surface area contributed by atoms with Gasteiger partial charge in [0.2, 0.25) is 11.1 Å². The summed E-state index contributed by atoms with van der Waals surface area (Å²) in [6.45, 7) is 0.139. The van der Waals surface area contributed by atoms with Crippen LogP contribution < -0.4 is 5.73 Å². The highest BCUT2D eigenvalue weighted by atomic mass is 32.2. The number of sulfonamides is 1. The lowest BCUT2D eigenvalue weighted by molar-refractivity contribution is -0.124. The zero-order chi connectivity index (χ0) is 14.9. The van der Waals surface area contributed by atoms with E-state index in [2.05, 4.69) is 4.98 Å². The molecule has 1 aromatic rings. The molecule has 0 aromatic carbocycles. The Hall–Kier alpha value is -1.45. The van der Waals surface area contributed by atoms with Gasteiger partial charge in [0, 0.05) is 26.0 Å². The SMILES string of the molecule is Cn1ccnc1S(=O)(=O)N1CCCCC(O)C1C(N)=O. The first-order valence-electron chi connectivity index (χ1n) is 6.32. The van der Waals surface area contributed by atoms with Crippen molar-refractivity contribution >= 4 is 15.9 Å². The molecule has 2 unspecified atom stereocenters. The number of aliphatic hydroxyl groups excluding tert-OH is 1. The molecule has 112 valence electrons. The average Bonchev–Trinajstić information content (AvgIpc) is 2.68. The Morgan fingerprint density at radius 1 is 1.50 bits per heavy atom. The number of hydrogen-bond donors (Lipinski definition) is 2. The predicted octanol–water partition coefficient (Wildman–Crippen LogP) is -1.19. The lowest BCUT2D eigenvalue weighted by Gasteiger charge is -2.28. The minimum Gasteiger partial charge on any atom is -0.391 e. The Labute approximate surface area is 117 Å². The monoisotopic (exact) mass is 302 g/mol. The average molecular weight is 302 g/mol. The molecule has 1 aromatic heterocycles. The molecule has 1 saturated heterocycles. The van der Waals surface area contributed by atoms with Gasteiger partial charge in [-0.15, -0.1) is 0 Å². The first-order valence-corrected chi connectivity index (χ1v) is 7.76. The third kappa shape index (κ3) is 2.56. The molecule has 1 aliphatic rings. The number of nitrogens with two attached hydrogens (primary N) is 1. The van der Waals surface area contributed by atoms with E-state index in [4.69, 9.17) is 5.73 Å². The molecule has 9 heteroatoms. The Morgan fingerprint density at radius 2 is 2.20 bits per heavy atom. The van der Waals surface area contributed by atoms with Gasteiger partial charge in [-0.25, -0.2) is 13.4 Å². The number of aliphatic hydroxyl groups is 1. The minimum atomic E-state index is -3.98. The van der Waals surface area contributed by atoms with Gasteiger partial charge in [0.1, 0.15) is 6.04 Å². The van der Waals surface area contributed by atoms with Crippen LogP contribution in [-0.4, -0.2) is 52.0 Å². The lowest BCUT2D eigenvalue weighted by atomic mass is 10.1. The minimum absolute atomic E-state index is 0.139. The number of nitrogens with zero attached hydrogens (tertiary/aromatic N) is 3. The molecule has 0 aliphatic carbocycles. The summed E-state index contributed by atoms with van der Waals surface area (Å²) in [7, 11) is -2.43. The van der Waals surface area contributed by atoms with E-state index < -0.39 is 28.1 Å². The molecule has 2 atom stereocenters. The highest BCUT2D eigenvalue weighted by Gasteiger charge is 2.41. The van der Waals surface area contributed by atoms with E-state index in [1.807, 2.05) is 0 Å². The summed E-state index contributed by atoms with van der Waals surface area (Å²) in [5.41, 5.74) is 5.27. The Kier molecular flexibility index (Phi) is 4.11. The second-order valence-electron chi connectivity index (χ2n) is 4.85. The number of aromatic nitrogens is 2. The molecular formula is C11H18N4O4S. The van der Waals surface area contributed by atoms with E-state index in [1.165, 1.54) is 17.0 Å². The Morgan fingerprint density at radius 3 is 2.75 bits per heavy atom. The van der Waals surface area contributed by atoms with Crippen LogP contribution in [0.3, 0.4) is 0 Å². The summed E-state index contributed by atoms with van der Waals surface area (Å²) < 4.78 is 27.5. The molecule has 0 saturated carbocycles. The maximum atomic E-state index is 12.6. The molecule has 1 amide bonds. The molecule has 1 fully saturated rings. The zero-order valence-corrected chi connectivity index (χ0v) is 12.0. The maximum Gasteiger partial charge on any atom is 0.277 e. The van der Waals surface area contributed by atoms with Crippen LogP contribution in [0, 0.1) is 0 Å². The van der Waals surface area contributed by atoms with Crippen molar-refractivity contribution in [3.63, 3.8) is 0 Å². The van der Waals surface area contributed by atoms with E-state index >= 15 is 0 Å². The largest absolute Gasteiger partial charge is 0.391 e. The van der Waals surface area contributed by atoms with Gasteiger partial charge in [-0.05, 0) is 19.3 Å². The summed E-state index contributed by atoms with van der Waals surface area (Å²) in [6.07, 6.45) is 3.31. The van der Waals surface area contributed by atoms with Crippen molar-refractivity contribution in [3.05, 3.63) is 12.4 Å². The topological polar surface area (TPSA) is 119 Å². The normalized spacial score (nSPS) is 25.3. The van der Waals surface area contributed by atoms with Crippen molar-refractivity contribution in [1.82, 2.24) is 13.9 Å². The van der Waals surface area contributed by atoms with Crippen LogP contribution in [-0.2, 0) is 21.9 Å². The predicted molar refractivity (Wildman–Crippen MR) is 69.9 cm³/mol. The van der Waals surface area contributed by atoms with Crippen molar-refractivity contribution in [1.29, 1.82) is 0 Å². The highest BCUT2D eigenvalue weighted by molar-refractivity contribution is 7.89. The van der Waals surface area contributed by atoms with E-state index in [9.17, 15) is 18.3 Å². The first kappa shape index (κ1) is 14.9. The van der Waals surface area contributed by atoms with Crippen LogP contribution in [0.25, 0.3) is 0 Å². The maximum absolute atomic E-state index is 12.6.